The van der Waals surface area contributed by atoms with E-state index in [-0.39, 0.29) is 5.91 Å². The van der Waals surface area contributed by atoms with Gasteiger partial charge in [0.05, 0.1) is 7.11 Å². The van der Waals surface area contributed by atoms with Crippen molar-refractivity contribution in [2.45, 2.75) is 45.4 Å². The van der Waals surface area contributed by atoms with E-state index in [4.69, 9.17) is 4.74 Å². The highest BCUT2D eigenvalue weighted by Crippen LogP contribution is 2.38. The smallest absolute Gasteiger partial charge is 0.219 e. The van der Waals surface area contributed by atoms with E-state index < -0.39 is 0 Å². The van der Waals surface area contributed by atoms with Gasteiger partial charge in [0.25, 0.3) is 0 Å². The van der Waals surface area contributed by atoms with Crippen LogP contribution in [0.25, 0.3) is 0 Å². The Morgan fingerprint density at radius 2 is 2.26 bits per heavy atom. The predicted molar refractivity (Wildman–Crippen MR) is 76.7 cm³/mol. The number of carbonyl (C=O) groups is 1. The topological polar surface area (TPSA) is 38.3 Å². The Morgan fingerprint density at radius 1 is 1.47 bits per heavy atom. The molecule has 0 bridgehead atoms. The number of aryl methyl sites for hydroxylation is 2. The molecule has 1 aromatic rings. The first-order valence-electron chi connectivity index (χ1n) is 7.09. The lowest BCUT2D eigenvalue weighted by Gasteiger charge is -2.14. The fourth-order valence-electron chi connectivity index (χ4n) is 2.88. The predicted octanol–water partition coefficient (Wildman–Crippen LogP) is 2.95. The Bertz CT molecular complexity index is 468. The lowest BCUT2D eigenvalue weighted by Crippen LogP contribution is -2.24. The highest BCUT2D eigenvalue weighted by Gasteiger charge is 2.23. The van der Waals surface area contributed by atoms with E-state index in [1.807, 2.05) is 6.92 Å². The van der Waals surface area contributed by atoms with Gasteiger partial charge in [0.2, 0.25) is 5.91 Å². The third-order valence-corrected chi connectivity index (χ3v) is 3.99. The van der Waals surface area contributed by atoms with Gasteiger partial charge in [-0.05, 0) is 54.9 Å². The zero-order valence-electron chi connectivity index (χ0n) is 12.1. The van der Waals surface area contributed by atoms with Gasteiger partial charge in [-0.25, -0.2) is 0 Å². The molecule has 19 heavy (non-hydrogen) atoms. The molecule has 0 aliphatic heterocycles. The van der Waals surface area contributed by atoms with Crippen LogP contribution in [-0.2, 0) is 11.2 Å². The summed E-state index contributed by atoms with van der Waals surface area (Å²) in [7, 11) is 1.72. The molecule has 0 unspecified atom stereocenters. The van der Waals surface area contributed by atoms with Crippen molar-refractivity contribution in [1.82, 2.24) is 5.32 Å². The van der Waals surface area contributed by atoms with Crippen LogP contribution in [0.2, 0.25) is 0 Å². The van der Waals surface area contributed by atoms with Crippen molar-refractivity contribution >= 4 is 5.91 Å². The maximum absolute atomic E-state index is 11.2. The molecule has 2 rings (SSSR count). The van der Waals surface area contributed by atoms with Crippen molar-refractivity contribution < 1.29 is 9.53 Å². The number of rotatable bonds is 5. The molecule has 0 heterocycles. The standard InChI is InChI=1S/C16H23NO2/c1-4-16(18)17-8-7-12-5-6-13-9-11(2)15(19-3)10-14(12)13/h9-10,12H,4-8H2,1-3H3,(H,17,18)/t12-/m0/s1. The van der Waals surface area contributed by atoms with Crippen LogP contribution in [0.15, 0.2) is 12.1 Å². The average molecular weight is 261 g/mol. The molecular weight excluding hydrogens is 238 g/mol. The lowest BCUT2D eigenvalue weighted by atomic mass is 9.96. The molecule has 1 aliphatic carbocycles. The third-order valence-electron chi connectivity index (χ3n) is 3.99. The van der Waals surface area contributed by atoms with E-state index in [0.29, 0.717) is 12.3 Å². The van der Waals surface area contributed by atoms with Gasteiger partial charge in [-0.2, -0.15) is 0 Å². The first kappa shape index (κ1) is 13.9. The molecule has 1 atom stereocenters. The number of hydrogen-bond acceptors (Lipinski definition) is 2. The molecule has 3 heteroatoms. The molecule has 1 aliphatic rings. The maximum atomic E-state index is 11.2. The van der Waals surface area contributed by atoms with Crippen LogP contribution in [-0.4, -0.2) is 19.6 Å². The molecule has 0 fully saturated rings. The van der Waals surface area contributed by atoms with Crippen molar-refractivity contribution in [1.29, 1.82) is 0 Å². The Kier molecular flexibility index (Phi) is 4.46. The van der Waals surface area contributed by atoms with E-state index >= 15 is 0 Å². The normalized spacial score (nSPS) is 17.1. The summed E-state index contributed by atoms with van der Waals surface area (Å²) in [5.41, 5.74) is 4.07. The van der Waals surface area contributed by atoms with E-state index in [2.05, 4.69) is 24.4 Å². The number of benzene rings is 1. The van der Waals surface area contributed by atoms with Crippen LogP contribution in [0.3, 0.4) is 0 Å². The van der Waals surface area contributed by atoms with Crippen molar-refractivity contribution in [2.75, 3.05) is 13.7 Å². The summed E-state index contributed by atoms with van der Waals surface area (Å²) in [5.74, 6) is 1.67. The van der Waals surface area contributed by atoms with Crippen molar-refractivity contribution in [3.63, 3.8) is 0 Å². The van der Waals surface area contributed by atoms with Gasteiger partial charge in [-0.15, -0.1) is 0 Å². The number of carbonyl (C=O) groups excluding carboxylic acids is 1. The molecule has 3 nitrogen and oxygen atoms in total. The Labute approximate surface area is 115 Å². The first-order valence-corrected chi connectivity index (χ1v) is 7.09. The minimum Gasteiger partial charge on any atom is -0.496 e. The van der Waals surface area contributed by atoms with Gasteiger partial charge in [-0.1, -0.05) is 13.0 Å². The fraction of sp³-hybridized carbons (Fsp3) is 0.562. The maximum Gasteiger partial charge on any atom is 0.219 e. The highest BCUT2D eigenvalue weighted by atomic mass is 16.5. The molecule has 1 amide bonds. The van der Waals surface area contributed by atoms with Crippen molar-refractivity contribution in [3.8, 4) is 5.75 Å². The SMILES string of the molecule is CCC(=O)NCC[C@@H]1CCc2cc(C)c(OC)cc21. The largest absolute Gasteiger partial charge is 0.496 e. The van der Waals surface area contributed by atoms with Crippen LogP contribution in [0.5, 0.6) is 5.75 Å². The molecule has 1 aromatic carbocycles. The second-order valence-electron chi connectivity index (χ2n) is 5.25. The Hall–Kier alpha value is -1.51. The van der Waals surface area contributed by atoms with Gasteiger partial charge in [0, 0.05) is 13.0 Å². The van der Waals surface area contributed by atoms with E-state index in [1.54, 1.807) is 7.11 Å². The number of ether oxygens (including phenoxy) is 1. The second-order valence-corrected chi connectivity index (χ2v) is 5.25. The van der Waals surface area contributed by atoms with Gasteiger partial charge < -0.3 is 10.1 Å². The molecule has 0 spiro atoms. The van der Waals surface area contributed by atoms with Crippen LogP contribution < -0.4 is 10.1 Å². The van der Waals surface area contributed by atoms with Crippen LogP contribution in [0, 0.1) is 6.92 Å². The van der Waals surface area contributed by atoms with Crippen LogP contribution >= 0.6 is 0 Å². The van der Waals surface area contributed by atoms with Gasteiger partial charge >= 0.3 is 0 Å². The minimum atomic E-state index is 0.139. The first-order chi connectivity index (χ1) is 9.15. The third kappa shape index (κ3) is 3.09. The summed E-state index contributed by atoms with van der Waals surface area (Å²) in [6, 6.07) is 4.43. The summed E-state index contributed by atoms with van der Waals surface area (Å²) < 4.78 is 5.41. The summed E-state index contributed by atoms with van der Waals surface area (Å²) in [6.07, 6.45) is 3.91. The van der Waals surface area contributed by atoms with Gasteiger partial charge in [0.1, 0.15) is 5.75 Å². The fourth-order valence-corrected chi connectivity index (χ4v) is 2.88. The molecule has 0 saturated carbocycles. The highest BCUT2D eigenvalue weighted by molar-refractivity contribution is 5.75. The van der Waals surface area contributed by atoms with Gasteiger partial charge in [0.15, 0.2) is 0 Å². The van der Waals surface area contributed by atoms with E-state index in [0.717, 1.165) is 25.1 Å². The molecule has 0 radical (unpaired) electrons. The Morgan fingerprint density at radius 3 is 2.95 bits per heavy atom. The van der Waals surface area contributed by atoms with Crippen molar-refractivity contribution in [2.24, 2.45) is 0 Å². The van der Waals surface area contributed by atoms with Crippen molar-refractivity contribution in [3.05, 3.63) is 28.8 Å². The monoisotopic (exact) mass is 261 g/mol. The zero-order valence-corrected chi connectivity index (χ0v) is 12.1. The second kappa shape index (κ2) is 6.09. The van der Waals surface area contributed by atoms with Gasteiger partial charge in [-0.3, -0.25) is 4.79 Å². The molecule has 0 aromatic heterocycles. The van der Waals surface area contributed by atoms with Crippen LogP contribution in [0.4, 0.5) is 0 Å². The summed E-state index contributed by atoms with van der Waals surface area (Å²) in [4.78, 5) is 11.2. The molecule has 104 valence electrons. The average Bonchev–Trinajstić information content (AvgIpc) is 2.79. The molecular formula is C16H23NO2. The number of methoxy groups -OCH3 is 1. The minimum absolute atomic E-state index is 0.139. The number of hydrogen-bond donors (Lipinski definition) is 1. The lowest BCUT2D eigenvalue weighted by molar-refractivity contribution is -0.120. The molecule has 0 saturated heterocycles. The van der Waals surface area contributed by atoms with Crippen LogP contribution in [0.1, 0.15) is 48.8 Å². The number of fused-ring (bicyclic) bond motifs is 1. The quantitative estimate of drug-likeness (QED) is 0.885. The summed E-state index contributed by atoms with van der Waals surface area (Å²) in [5, 5.41) is 2.96. The molecule has 1 N–H and O–H groups in total. The van der Waals surface area contributed by atoms with E-state index in [1.165, 1.54) is 23.1 Å². The summed E-state index contributed by atoms with van der Waals surface area (Å²) in [6.45, 7) is 4.74. The zero-order chi connectivity index (χ0) is 13.8. The summed E-state index contributed by atoms with van der Waals surface area (Å²) >= 11 is 0. The number of amides is 1. The number of nitrogens with one attached hydrogen (secondary N) is 1. The van der Waals surface area contributed by atoms with E-state index in [9.17, 15) is 4.79 Å². The Balaban J connectivity index is 2.02.